The quantitative estimate of drug-likeness (QED) is 0.851. The van der Waals surface area contributed by atoms with Crippen LogP contribution >= 0.6 is 12.2 Å². The molecule has 0 aliphatic heterocycles. The normalized spacial score (nSPS) is 15.1. The lowest BCUT2D eigenvalue weighted by atomic mass is 10.2. The molecule has 1 fully saturated rings. The molecule has 1 aliphatic carbocycles. The Labute approximate surface area is 105 Å². The Bertz CT molecular complexity index is 649. The highest BCUT2D eigenvalue weighted by molar-refractivity contribution is 7.71. The second kappa shape index (κ2) is 3.94. The van der Waals surface area contributed by atoms with E-state index in [9.17, 15) is 13.2 Å². The Balaban J connectivity index is 2.27. The summed E-state index contributed by atoms with van der Waals surface area (Å²) in [5.74, 6) is -2.30. The SMILES string of the molecule is Fc1cc(F)c(-n2c(C3CC3)n[nH]c2=S)c(F)c1. The largest absolute Gasteiger partial charge is 0.266 e. The summed E-state index contributed by atoms with van der Waals surface area (Å²) in [6.45, 7) is 0. The maximum absolute atomic E-state index is 13.7. The molecule has 1 aromatic heterocycles. The third-order valence-corrected chi connectivity index (χ3v) is 3.12. The van der Waals surface area contributed by atoms with Crippen molar-refractivity contribution in [1.82, 2.24) is 14.8 Å². The van der Waals surface area contributed by atoms with Gasteiger partial charge in [-0.05, 0) is 25.1 Å². The number of H-pyrrole nitrogens is 1. The van der Waals surface area contributed by atoms with E-state index in [4.69, 9.17) is 12.2 Å². The van der Waals surface area contributed by atoms with Crippen LogP contribution in [0.5, 0.6) is 0 Å². The lowest BCUT2D eigenvalue weighted by Gasteiger charge is -2.08. The molecule has 1 saturated carbocycles. The van der Waals surface area contributed by atoms with E-state index in [0.29, 0.717) is 18.0 Å². The van der Waals surface area contributed by atoms with Crippen LogP contribution in [-0.2, 0) is 0 Å². The maximum Gasteiger partial charge on any atom is 0.200 e. The van der Waals surface area contributed by atoms with Crippen molar-refractivity contribution < 1.29 is 13.2 Å². The monoisotopic (exact) mass is 271 g/mol. The first kappa shape index (κ1) is 11.5. The van der Waals surface area contributed by atoms with E-state index in [1.165, 1.54) is 4.57 Å². The number of halogens is 3. The molecule has 0 spiro atoms. The zero-order valence-electron chi connectivity index (χ0n) is 9.08. The van der Waals surface area contributed by atoms with Gasteiger partial charge in [-0.15, -0.1) is 0 Å². The number of benzene rings is 1. The third kappa shape index (κ3) is 1.74. The molecular weight excluding hydrogens is 263 g/mol. The summed E-state index contributed by atoms with van der Waals surface area (Å²) in [4.78, 5) is 0. The fourth-order valence-electron chi connectivity index (χ4n) is 1.89. The van der Waals surface area contributed by atoms with Crippen molar-refractivity contribution in [3.63, 3.8) is 0 Å². The molecule has 94 valence electrons. The predicted molar refractivity (Wildman–Crippen MR) is 60.6 cm³/mol. The summed E-state index contributed by atoms with van der Waals surface area (Å²) in [5.41, 5.74) is -0.378. The van der Waals surface area contributed by atoms with E-state index in [1.807, 2.05) is 0 Å². The number of hydrogen-bond acceptors (Lipinski definition) is 2. The Morgan fingerprint density at radius 2 is 1.83 bits per heavy atom. The summed E-state index contributed by atoms with van der Waals surface area (Å²) >= 11 is 4.97. The van der Waals surface area contributed by atoms with E-state index >= 15 is 0 Å². The van der Waals surface area contributed by atoms with E-state index in [-0.39, 0.29) is 16.4 Å². The summed E-state index contributed by atoms with van der Waals surface area (Å²) in [6, 6.07) is 1.26. The number of rotatable bonds is 2. The van der Waals surface area contributed by atoms with Crippen LogP contribution in [0.3, 0.4) is 0 Å². The minimum atomic E-state index is -0.994. The van der Waals surface area contributed by atoms with E-state index in [0.717, 1.165) is 12.8 Å². The Kier molecular flexibility index (Phi) is 2.51. The highest BCUT2D eigenvalue weighted by atomic mass is 32.1. The van der Waals surface area contributed by atoms with Crippen molar-refractivity contribution in [2.45, 2.75) is 18.8 Å². The summed E-state index contributed by atoms with van der Waals surface area (Å²) < 4.78 is 41.6. The van der Waals surface area contributed by atoms with Gasteiger partial charge in [-0.1, -0.05) is 0 Å². The molecule has 1 aromatic carbocycles. The number of aromatic nitrogens is 3. The number of aromatic amines is 1. The van der Waals surface area contributed by atoms with E-state index in [1.54, 1.807) is 0 Å². The van der Waals surface area contributed by atoms with Gasteiger partial charge in [0.25, 0.3) is 0 Å². The van der Waals surface area contributed by atoms with Gasteiger partial charge < -0.3 is 0 Å². The Morgan fingerprint density at radius 1 is 1.22 bits per heavy atom. The van der Waals surface area contributed by atoms with Crippen molar-refractivity contribution in [3.8, 4) is 5.69 Å². The molecule has 0 radical (unpaired) electrons. The van der Waals surface area contributed by atoms with Crippen LogP contribution in [0.4, 0.5) is 13.2 Å². The van der Waals surface area contributed by atoms with E-state index in [2.05, 4.69) is 10.2 Å². The van der Waals surface area contributed by atoms with Gasteiger partial charge in [-0.25, -0.2) is 13.2 Å². The maximum atomic E-state index is 13.7. The van der Waals surface area contributed by atoms with Gasteiger partial charge in [0.2, 0.25) is 0 Å². The van der Waals surface area contributed by atoms with Gasteiger partial charge in [0.15, 0.2) is 16.4 Å². The Hall–Kier alpha value is -1.63. The van der Waals surface area contributed by atoms with E-state index < -0.39 is 17.5 Å². The van der Waals surface area contributed by atoms with Crippen LogP contribution in [0.15, 0.2) is 12.1 Å². The molecule has 3 nitrogen and oxygen atoms in total. The zero-order valence-corrected chi connectivity index (χ0v) is 9.90. The molecule has 0 unspecified atom stereocenters. The molecule has 0 saturated heterocycles. The summed E-state index contributed by atoms with van der Waals surface area (Å²) in [7, 11) is 0. The van der Waals surface area contributed by atoms with Gasteiger partial charge in [0.05, 0.1) is 0 Å². The first-order valence-corrected chi connectivity index (χ1v) is 5.81. The van der Waals surface area contributed by atoms with Gasteiger partial charge in [0.1, 0.15) is 17.3 Å². The topological polar surface area (TPSA) is 33.6 Å². The van der Waals surface area contributed by atoms with Crippen molar-refractivity contribution in [2.24, 2.45) is 0 Å². The molecule has 2 aromatic rings. The predicted octanol–water partition coefficient (Wildman–Crippen LogP) is 3.22. The number of nitrogens with zero attached hydrogens (tertiary/aromatic N) is 2. The molecule has 0 atom stereocenters. The lowest BCUT2D eigenvalue weighted by molar-refractivity contribution is 0.531. The highest BCUT2D eigenvalue weighted by Crippen LogP contribution is 2.40. The average Bonchev–Trinajstić information content (AvgIpc) is 3.04. The van der Waals surface area contributed by atoms with Crippen LogP contribution in [0, 0.1) is 22.2 Å². The highest BCUT2D eigenvalue weighted by Gasteiger charge is 2.31. The molecule has 3 rings (SSSR count). The second-order valence-corrected chi connectivity index (χ2v) is 4.60. The smallest absolute Gasteiger partial charge is 0.200 e. The molecule has 7 heteroatoms. The molecule has 0 amide bonds. The average molecular weight is 271 g/mol. The first-order valence-electron chi connectivity index (χ1n) is 5.40. The zero-order chi connectivity index (χ0) is 12.9. The Morgan fingerprint density at radius 3 is 2.39 bits per heavy atom. The van der Waals surface area contributed by atoms with Crippen LogP contribution in [0.1, 0.15) is 24.6 Å². The number of nitrogens with one attached hydrogen (secondary N) is 1. The first-order chi connectivity index (χ1) is 8.58. The van der Waals surface area contributed by atoms with Crippen molar-refractivity contribution >= 4 is 12.2 Å². The minimum Gasteiger partial charge on any atom is -0.266 e. The van der Waals surface area contributed by atoms with Crippen LogP contribution < -0.4 is 0 Å². The molecule has 1 N–H and O–H groups in total. The summed E-state index contributed by atoms with van der Waals surface area (Å²) in [5, 5.41) is 6.49. The van der Waals surface area contributed by atoms with Crippen molar-refractivity contribution in [1.29, 1.82) is 0 Å². The minimum absolute atomic E-state index is 0.0984. The number of hydrogen-bond donors (Lipinski definition) is 1. The van der Waals surface area contributed by atoms with Crippen molar-refractivity contribution in [3.05, 3.63) is 40.2 Å². The van der Waals surface area contributed by atoms with Crippen LogP contribution in [0.2, 0.25) is 0 Å². The third-order valence-electron chi connectivity index (χ3n) is 2.85. The molecule has 1 heterocycles. The fourth-order valence-corrected chi connectivity index (χ4v) is 2.12. The molecular formula is C11H8F3N3S. The van der Waals surface area contributed by atoms with Crippen LogP contribution in [-0.4, -0.2) is 14.8 Å². The van der Waals surface area contributed by atoms with Crippen molar-refractivity contribution in [2.75, 3.05) is 0 Å². The molecule has 0 bridgehead atoms. The lowest BCUT2D eigenvalue weighted by Crippen LogP contribution is -2.06. The second-order valence-electron chi connectivity index (χ2n) is 4.21. The van der Waals surface area contributed by atoms with Gasteiger partial charge >= 0.3 is 0 Å². The molecule has 18 heavy (non-hydrogen) atoms. The molecule has 1 aliphatic rings. The fraction of sp³-hybridized carbons (Fsp3) is 0.273. The van der Waals surface area contributed by atoms with Crippen LogP contribution in [0.25, 0.3) is 5.69 Å². The van der Waals surface area contributed by atoms with Gasteiger partial charge in [0, 0.05) is 18.1 Å². The standard InChI is InChI=1S/C11H8F3N3S/c12-6-3-7(13)9(8(14)4-6)17-10(5-1-2-5)15-16-11(17)18/h3-5H,1-2H2,(H,16,18). The van der Waals surface area contributed by atoms with Gasteiger partial charge in [-0.3, -0.25) is 9.67 Å². The summed E-state index contributed by atoms with van der Waals surface area (Å²) in [6.07, 6.45) is 1.81. The van der Waals surface area contributed by atoms with Gasteiger partial charge in [-0.2, -0.15) is 5.10 Å².